The lowest BCUT2D eigenvalue weighted by atomic mass is 9.90. The molecule has 4 aromatic rings. The van der Waals surface area contributed by atoms with Gasteiger partial charge >= 0.3 is 0 Å². The molecule has 1 aromatic carbocycles. The molecule has 1 spiro atoms. The van der Waals surface area contributed by atoms with Crippen LogP contribution in [0.25, 0.3) is 16.8 Å². The largest absolute Gasteiger partial charge is 0.384 e. The molecule has 39 heavy (non-hydrogen) atoms. The normalized spacial score (nSPS) is 17.9. The Balaban J connectivity index is 1.23. The van der Waals surface area contributed by atoms with Crippen LogP contribution in [-0.2, 0) is 9.53 Å². The number of fused-ring (bicyclic) bond motifs is 1. The quantitative estimate of drug-likeness (QED) is 0.376. The van der Waals surface area contributed by atoms with E-state index in [1.54, 1.807) is 43.8 Å². The molecule has 0 unspecified atom stereocenters. The molecule has 2 aliphatic rings. The van der Waals surface area contributed by atoms with Gasteiger partial charge in [-0.15, -0.1) is 0 Å². The van der Waals surface area contributed by atoms with E-state index in [1.165, 1.54) is 0 Å². The summed E-state index contributed by atoms with van der Waals surface area (Å²) >= 11 is 0. The van der Waals surface area contributed by atoms with Crippen LogP contribution in [0.4, 0.5) is 11.6 Å². The fourth-order valence-corrected chi connectivity index (χ4v) is 5.75. The molecule has 0 radical (unpaired) electrons. The van der Waals surface area contributed by atoms with E-state index in [1.807, 2.05) is 29.3 Å². The number of hydrogen-bond acceptors (Lipinski definition) is 7. The van der Waals surface area contributed by atoms with Crippen LogP contribution in [-0.4, -0.2) is 62.9 Å². The lowest BCUT2D eigenvalue weighted by molar-refractivity contribution is -0.133. The summed E-state index contributed by atoms with van der Waals surface area (Å²) in [5, 5.41) is 2.81. The molecule has 1 saturated carbocycles. The fourth-order valence-electron chi connectivity index (χ4n) is 5.75. The summed E-state index contributed by atoms with van der Waals surface area (Å²) in [6.45, 7) is 1.99. The number of amides is 2. The number of carbonyl (C=O) groups is 2. The average molecular weight is 526 g/mol. The highest BCUT2D eigenvalue weighted by Gasteiger charge is 2.57. The number of benzene rings is 1. The van der Waals surface area contributed by atoms with Crippen molar-refractivity contribution in [3.63, 3.8) is 0 Å². The Labute approximate surface area is 226 Å². The van der Waals surface area contributed by atoms with Crippen LogP contribution < -0.4 is 11.1 Å². The standard InChI is InChI=1S/C29H31N7O3/c1-39-17-9-23(37)35-14-10-29(11-15-35)18-21(29)27-34-24(25-26(30)32-13-16-36(25)27)19-5-7-20(8-6-19)28(38)33-22-4-2-3-12-31-22/h2-8,12-13,16,21H,9-11,14-15,17-18H2,1H3,(H2,30,32)(H,31,33,38)/t21-/m1/s1. The molecule has 10 nitrogen and oxygen atoms in total. The Hall–Kier alpha value is -4.31. The number of aromatic nitrogens is 4. The minimum Gasteiger partial charge on any atom is -0.384 e. The van der Waals surface area contributed by atoms with Gasteiger partial charge in [0.25, 0.3) is 5.91 Å². The van der Waals surface area contributed by atoms with E-state index in [0.29, 0.717) is 36.1 Å². The average Bonchev–Trinajstić information content (AvgIpc) is 3.50. The minimum absolute atomic E-state index is 0.155. The van der Waals surface area contributed by atoms with Crippen LogP contribution in [0.2, 0.25) is 0 Å². The van der Waals surface area contributed by atoms with Gasteiger partial charge in [-0.25, -0.2) is 15.0 Å². The number of rotatable bonds is 7. The highest BCUT2D eigenvalue weighted by molar-refractivity contribution is 6.04. The number of ether oxygens (including phenoxy) is 1. The number of nitrogens with one attached hydrogen (secondary N) is 1. The number of anilines is 2. The van der Waals surface area contributed by atoms with E-state index in [9.17, 15) is 9.59 Å². The first kappa shape index (κ1) is 25.0. The molecule has 1 saturated heterocycles. The first-order chi connectivity index (χ1) is 19.0. The second-order valence-electron chi connectivity index (χ2n) is 10.3. The number of likely N-dealkylation sites (tertiary alicyclic amines) is 1. The number of carbonyl (C=O) groups excluding carboxylic acids is 2. The van der Waals surface area contributed by atoms with Gasteiger partial charge in [0, 0.05) is 55.8 Å². The number of hydrogen-bond donors (Lipinski definition) is 2. The Morgan fingerprint density at radius 1 is 1.10 bits per heavy atom. The first-order valence-electron chi connectivity index (χ1n) is 13.2. The van der Waals surface area contributed by atoms with Crippen LogP contribution >= 0.6 is 0 Å². The molecule has 1 aliphatic heterocycles. The fraction of sp³-hybridized carbons (Fsp3) is 0.345. The van der Waals surface area contributed by atoms with Crippen molar-refractivity contribution in [3.8, 4) is 11.3 Å². The third kappa shape index (κ3) is 4.72. The monoisotopic (exact) mass is 525 g/mol. The molecule has 1 atom stereocenters. The number of imidazole rings is 1. The molecule has 3 aromatic heterocycles. The van der Waals surface area contributed by atoms with Crippen LogP contribution in [0.3, 0.4) is 0 Å². The summed E-state index contributed by atoms with van der Waals surface area (Å²) in [5.74, 6) is 2.11. The number of nitrogen functional groups attached to an aromatic ring is 1. The lowest BCUT2D eigenvalue weighted by Gasteiger charge is -2.33. The molecular formula is C29H31N7O3. The van der Waals surface area contributed by atoms with Gasteiger partial charge in [0.15, 0.2) is 0 Å². The van der Waals surface area contributed by atoms with Crippen molar-refractivity contribution >= 4 is 29.0 Å². The Morgan fingerprint density at radius 3 is 2.62 bits per heavy atom. The van der Waals surface area contributed by atoms with Gasteiger partial charge < -0.3 is 20.7 Å². The minimum atomic E-state index is -0.233. The second-order valence-corrected chi connectivity index (χ2v) is 10.3. The van der Waals surface area contributed by atoms with Gasteiger partial charge in [0.05, 0.1) is 13.0 Å². The van der Waals surface area contributed by atoms with Crippen LogP contribution in [0, 0.1) is 5.41 Å². The molecule has 2 fully saturated rings. The summed E-state index contributed by atoms with van der Waals surface area (Å²) in [4.78, 5) is 40.7. The first-order valence-corrected chi connectivity index (χ1v) is 13.2. The second kappa shape index (κ2) is 10.1. The van der Waals surface area contributed by atoms with E-state index in [-0.39, 0.29) is 17.2 Å². The predicted molar refractivity (Wildman–Crippen MR) is 147 cm³/mol. The number of nitrogens with zero attached hydrogens (tertiary/aromatic N) is 5. The molecule has 2 amide bonds. The zero-order valence-electron chi connectivity index (χ0n) is 21.8. The summed E-state index contributed by atoms with van der Waals surface area (Å²) in [6, 6.07) is 12.7. The van der Waals surface area contributed by atoms with E-state index < -0.39 is 0 Å². The molecule has 3 N–H and O–H groups in total. The van der Waals surface area contributed by atoms with Crippen molar-refractivity contribution in [1.82, 2.24) is 24.3 Å². The molecule has 6 rings (SSSR count). The third-order valence-corrected chi connectivity index (χ3v) is 8.07. The van der Waals surface area contributed by atoms with Crippen molar-refractivity contribution in [2.75, 3.05) is 37.9 Å². The maximum Gasteiger partial charge on any atom is 0.256 e. The summed E-state index contributed by atoms with van der Waals surface area (Å²) < 4.78 is 7.13. The number of nitrogens with two attached hydrogens (primary N) is 1. The van der Waals surface area contributed by atoms with Gasteiger partial charge in [-0.3, -0.25) is 14.0 Å². The zero-order valence-corrected chi connectivity index (χ0v) is 21.8. The van der Waals surface area contributed by atoms with Gasteiger partial charge in [0.1, 0.15) is 28.7 Å². The number of piperidine rings is 1. The van der Waals surface area contributed by atoms with Crippen LogP contribution in [0.5, 0.6) is 0 Å². The molecule has 4 heterocycles. The molecule has 200 valence electrons. The Morgan fingerprint density at radius 2 is 1.90 bits per heavy atom. The van der Waals surface area contributed by atoms with Crippen molar-refractivity contribution < 1.29 is 14.3 Å². The van der Waals surface area contributed by atoms with Crippen LogP contribution in [0.1, 0.15) is 47.8 Å². The van der Waals surface area contributed by atoms with Crippen LogP contribution in [0.15, 0.2) is 61.1 Å². The highest BCUT2D eigenvalue weighted by atomic mass is 16.5. The predicted octanol–water partition coefficient (Wildman–Crippen LogP) is 3.76. The Kier molecular flexibility index (Phi) is 6.48. The molecule has 10 heteroatoms. The maximum atomic E-state index is 12.7. The van der Waals surface area contributed by atoms with E-state index in [0.717, 1.165) is 55.0 Å². The Bertz CT molecular complexity index is 1510. The molecule has 0 bridgehead atoms. The lowest BCUT2D eigenvalue weighted by Crippen LogP contribution is -2.39. The summed E-state index contributed by atoms with van der Waals surface area (Å²) in [5.41, 5.74) is 9.42. The third-order valence-electron chi connectivity index (χ3n) is 8.07. The van der Waals surface area contributed by atoms with Gasteiger partial charge in [-0.1, -0.05) is 18.2 Å². The van der Waals surface area contributed by atoms with Crippen molar-refractivity contribution in [2.24, 2.45) is 5.41 Å². The SMILES string of the molecule is COCCC(=O)N1CCC2(CC1)C[C@@H]2c1nc(-c2ccc(C(=O)Nc3ccccn3)cc2)c2c(N)nccn12. The van der Waals surface area contributed by atoms with E-state index >= 15 is 0 Å². The van der Waals surface area contributed by atoms with E-state index in [2.05, 4.69) is 19.7 Å². The van der Waals surface area contributed by atoms with E-state index in [4.69, 9.17) is 15.5 Å². The van der Waals surface area contributed by atoms with Gasteiger partial charge in [0.2, 0.25) is 5.91 Å². The van der Waals surface area contributed by atoms with Crippen molar-refractivity contribution in [3.05, 3.63) is 72.4 Å². The number of methoxy groups -OCH3 is 1. The molecular weight excluding hydrogens is 494 g/mol. The maximum absolute atomic E-state index is 12.7. The van der Waals surface area contributed by atoms with Gasteiger partial charge in [-0.2, -0.15) is 0 Å². The topological polar surface area (TPSA) is 128 Å². The smallest absolute Gasteiger partial charge is 0.256 e. The van der Waals surface area contributed by atoms with Gasteiger partial charge in [-0.05, 0) is 48.9 Å². The summed E-state index contributed by atoms with van der Waals surface area (Å²) in [6.07, 6.45) is 8.64. The number of pyridine rings is 1. The zero-order chi connectivity index (χ0) is 27.0. The van der Waals surface area contributed by atoms with Crippen molar-refractivity contribution in [2.45, 2.75) is 31.6 Å². The van der Waals surface area contributed by atoms with Crippen molar-refractivity contribution in [1.29, 1.82) is 0 Å². The summed E-state index contributed by atoms with van der Waals surface area (Å²) in [7, 11) is 1.62. The molecule has 1 aliphatic carbocycles. The highest BCUT2D eigenvalue weighted by Crippen LogP contribution is 2.64.